The lowest BCUT2D eigenvalue weighted by Crippen LogP contribution is -2.28. The highest BCUT2D eigenvalue weighted by Crippen LogP contribution is 2.47. The molecule has 2 heterocycles. The van der Waals surface area contributed by atoms with E-state index in [1.54, 1.807) is 16.5 Å². The number of aryl methyl sites for hydroxylation is 1. The van der Waals surface area contributed by atoms with Crippen LogP contribution in [0.1, 0.15) is 27.6 Å². The second-order valence-electron chi connectivity index (χ2n) is 6.06. The Balaban J connectivity index is 1.84. The molecule has 0 saturated heterocycles. The fourth-order valence-corrected chi connectivity index (χ4v) is 3.89. The van der Waals surface area contributed by atoms with Gasteiger partial charge in [-0.15, -0.1) is 21.5 Å². The third-order valence-electron chi connectivity index (χ3n) is 4.60. The lowest BCUT2D eigenvalue weighted by atomic mass is 9.99. The smallest absolute Gasteiger partial charge is 0.242 e. The predicted molar refractivity (Wildman–Crippen MR) is 99.4 cm³/mol. The summed E-state index contributed by atoms with van der Waals surface area (Å²) in [4.78, 5) is 15.0. The first-order valence-corrected chi connectivity index (χ1v) is 8.75. The zero-order valence-corrected chi connectivity index (χ0v) is 14.5. The second-order valence-corrected chi connectivity index (χ2v) is 6.93. The highest BCUT2D eigenvalue weighted by Gasteiger charge is 2.42. The van der Waals surface area contributed by atoms with Gasteiger partial charge in [0.1, 0.15) is 16.4 Å². The number of aromatic nitrogens is 2. The van der Waals surface area contributed by atoms with Gasteiger partial charge in [0.05, 0.1) is 23.6 Å². The molecule has 0 radical (unpaired) electrons. The quantitative estimate of drug-likeness (QED) is 0.707. The average molecular weight is 351 g/mol. The molecule has 2 aromatic carbocycles. The number of nitrogens with zero attached hydrogens (tertiary/aromatic N) is 3. The molecule has 126 valence electrons. The second kappa shape index (κ2) is 5.86. The van der Waals surface area contributed by atoms with Crippen LogP contribution in [-0.2, 0) is 11.3 Å². The van der Waals surface area contributed by atoms with Crippen LogP contribution in [0, 0.1) is 6.92 Å². The van der Waals surface area contributed by atoms with Crippen LogP contribution in [0.3, 0.4) is 0 Å². The van der Waals surface area contributed by atoms with Crippen LogP contribution in [0.4, 0.5) is 17.1 Å². The number of fused-ring (bicyclic) bond motifs is 1. The number of hydrogen-bond acceptors (Lipinski definition) is 6. The van der Waals surface area contributed by atoms with Gasteiger partial charge in [-0.25, -0.2) is 0 Å². The summed E-state index contributed by atoms with van der Waals surface area (Å²) in [5.41, 5.74) is 18.5. The highest BCUT2D eigenvalue weighted by atomic mass is 32.1. The number of rotatable bonds is 3. The molecular weight excluding hydrogens is 334 g/mol. The summed E-state index contributed by atoms with van der Waals surface area (Å²) >= 11 is 1.35. The van der Waals surface area contributed by atoms with Crippen LogP contribution in [-0.4, -0.2) is 16.1 Å². The van der Waals surface area contributed by atoms with E-state index in [4.69, 9.17) is 11.5 Å². The molecule has 1 aromatic heterocycles. The third kappa shape index (κ3) is 2.44. The van der Waals surface area contributed by atoms with Crippen LogP contribution >= 0.6 is 11.3 Å². The highest BCUT2D eigenvalue weighted by molar-refractivity contribution is 7.09. The van der Waals surface area contributed by atoms with Gasteiger partial charge in [-0.05, 0) is 30.2 Å². The van der Waals surface area contributed by atoms with Crippen molar-refractivity contribution in [3.63, 3.8) is 0 Å². The van der Waals surface area contributed by atoms with Crippen LogP contribution in [0.2, 0.25) is 0 Å². The zero-order chi connectivity index (χ0) is 17.6. The van der Waals surface area contributed by atoms with Gasteiger partial charge in [-0.3, -0.25) is 4.79 Å². The normalized spacial score (nSPS) is 16.3. The fourth-order valence-electron chi connectivity index (χ4n) is 3.24. The maximum atomic E-state index is 13.2. The monoisotopic (exact) mass is 351 g/mol. The van der Waals surface area contributed by atoms with Gasteiger partial charge in [-0.2, -0.15) is 0 Å². The Bertz CT molecular complexity index is 954. The Morgan fingerprint density at radius 1 is 1.20 bits per heavy atom. The summed E-state index contributed by atoms with van der Waals surface area (Å²) in [5, 5.41) is 8.61. The number of anilines is 3. The topological polar surface area (TPSA) is 98.1 Å². The largest absolute Gasteiger partial charge is 0.397 e. The minimum Gasteiger partial charge on any atom is -0.397 e. The molecule has 25 heavy (non-hydrogen) atoms. The van der Waals surface area contributed by atoms with Gasteiger partial charge in [0.15, 0.2) is 0 Å². The number of hydrogen-bond donors (Lipinski definition) is 2. The SMILES string of the molecule is Cc1ccccc1CN1C(=O)C(c2nncs2)c2c1ccc(N)c2N. The van der Waals surface area contributed by atoms with Crippen molar-refractivity contribution in [2.45, 2.75) is 19.4 Å². The van der Waals surface area contributed by atoms with Crippen molar-refractivity contribution in [2.75, 3.05) is 16.4 Å². The van der Waals surface area contributed by atoms with Crippen molar-refractivity contribution in [1.82, 2.24) is 10.2 Å². The zero-order valence-electron chi connectivity index (χ0n) is 13.6. The fraction of sp³-hybridized carbons (Fsp3) is 0.167. The van der Waals surface area contributed by atoms with Crippen molar-refractivity contribution in [3.05, 3.63) is 63.6 Å². The van der Waals surface area contributed by atoms with Gasteiger partial charge in [0.2, 0.25) is 5.91 Å². The predicted octanol–water partition coefficient (Wildman–Crippen LogP) is 2.69. The summed E-state index contributed by atoms with van der Waals surface area (Å²) in [6.07, 6.45) is 0. The van der Waals surface area contributed by atoms with Gasteiger partial charge < -0.3 is 16.4 Å². The number of amides is 1. The molecular formula is C18H17N5OS. The summed E-state index contributed by atoms with van der Waals surface area (Å²) in [6.45, 7) is 2.52. The van der Waals surface area contributed by atoms with Gasteiger partial charge >= 0.3 is 0 Å². The van der Waals surface area contributed by atoms with Gasteiger partial charge in [-0.1, -0.05) is 24.3 Å². The molecule has 3 aromatic rings. The molecule has 0 bridgehead atoms. The summed E-state index contributed by atoms with van der Waals surface area (Å²) in [5.74, 6) is -0.595. The van der Waals surface area contributed by atoms with E-state index in [0.29, 0.717) is 22.9 Å². The Hall–Kier alpha value is -2.93. The van der Waals surface area contributed by atoms with Crippen molar-refractivity contribution in [1.29, 1.82) is 0 Å². The molecule has 0 spiro atoms. The lowest BCUT2D eigenvalue weighted by molar-refractivity contribution is -0.118. The summed E-state index contributed by atoms with van der Waals surface area (Å²) < 4.78 is 0. The van der Waals surface area contributed by atoms with Gasteiger partial charge in [0.25, 0.3) is 0 Å². The number of benzene rings is 2. The number of nitrogen functional groups attached to an aromatic ring is 2. The number of carbonyl (C=O) groups is 1. The standard InChI is InChI=1S/C18H17N5OS/c1-10-4-2-3-5-11(10)8-23-13-7-6-12(19)16(20)14(13)15(18(23)24)17-22-21-9-25-17/h2-7,9,15H,8,19-20H2,1H3. The minimum absolute atomic E-state index is 0.0488. The molecule has 1 unspecified atom stereocenters. The van der Waals surface area contributed by atoms with E-state index in [9.17, 15) is 4.79 Å². The van der Waals surface area contributed by atoms with Crippen molar-refractivity contribution in [2.24, 2.45) is 0 Å². The van der Waals surface area contributed by atoms with Crippen LogP contribution in [0.25, 0.3) is 0 Å². The van der Waals surface area contributed by atoms with Crippen molar-refractivity contribution >= 4 is 34.3 Å². The van der Waals surface area contributed by atoms with Gasteiger partial charge in [0, 0.05) is 5.56 Å². The van der Waals surface area contributed by atoms with E-state index >= 15 is 0 Å². The van der Waals surface area contributed by atoms with E-state index in [0.717, 1.165) is 22.4 Å². The van der Waals surface area contributed by atoms with E-state index < -0.39 is 5.92 Å². The Labute approximate surface area is 149 Å². The van der Waals surface area contributed by atoms with Crippen LogP contribution in [0.15, 0.2) is 41.9 Å². The summed E-state index contributed by atoms with van der Waals surface area (Å²) in [6, 6.07) is 11.6. The molecule has 0 aliphatic carbocycles. The first kappa shape index (κ1) is 15.6. The Kier molecular flexibility index (Phi) is 3.65. The summed E-state index contributed by atoms with van der Waals surface area (Å²) in [7, 11) is 0. The van der Waals surface area contributed by atoms with E-state index in [1.165, 1.54) is 11.3 Å². The van der Waals surface area contributed by atoms with E-state index in [-0.39, 0.29) is 5.91 Å². The van der Waals surface area contributed by atoms with E-state index in [1.807, 2.05) is 37.3 Å². The van der Waals surface area contributed by atoms with E-state index in [2.05, 4.69) is 10.2 Å². The molecule has 4 N–H and O–H groups in total. The first-order valence-electron chi connectivity index (χ1n) is 7.87. The average Bonchev–Trinajstić information content (AvgIpc) is 3.21. The first-order chi connectivity index (χ1) is 12.1. The molecule has 0 fully saturated rings. The molecule has 1 aliphatic heterocycles. The number of carbonyl (C=O) groups excluding carboxylic acids is 1. The third-order valence-corrected chi connectivity index (χ3v) is 5.36. The maximum absolute atomic E-state index is 13.2. The van der Waals surface area contributed by atoms with Crippen LogP contribution in [0.5, 0.6) is 0 Å². The molecule has 7 heteroatoms. The molecule has 1 amide bonds. The minimum atomic E-state index is -0.546. The molecule has 1 atom stereocenters. The molecule has 0 saturated carbocycles. The molecule has 4 rings (SSSR count). The molecule has 6 nitrogen and oxygen atoms in total. The van der Waals surface area contributed by atoms with Crippen LogP contribution < -0.4 is 16.4 Å². The maximum Gasteiger partial charge on any atom is 0.242 e. The number of nitrogens with two attached hydrogens (primary N) is 2. The molecule has 1 aliphatic rings. The Morgan fingerprint density at radius 2 is 2.00 bits per heavy atom. The van der Waals surface area contributed by atoms with Crippen molar-refractivity contribution in [3.8, 4) is 0 Å². The Morgan fingerprint density at radius 3 is 2.72 bits per heavy atom. The lowest BCUT2D eigenvalue weighted by Gasteiger charge is -2.19. The van der Waals surface area contributed by atoms with Crippen molar-refractivity contribution < 1.29 is 4.79 Å².